The number of carboxylic acids is 1. The molecule has 0 amide bonds. The molecule has 72 valence electrons. The molecular weight excluding hydrogens is 168 g/mol. The van der Waals surface area contributed by atoms with E-state index in [2.05, 4.69) is 5.10 Å². The van der Waals surface area contributed by atoms with Crippen molar-refractivity contribution in [2.75, 3.05) is 0 Å². The highest BCUT2D eigenvalue weighted by Gasteiger charge is 2.34. The Balaban J connectivity index is 2.98. The molecule has 0 radical (unpaired) electrons. The van der Waals surface area contributed by atoms with Crippen LogP contribution < -0.4 is 0 Å². The molecular formula is C9H14N2O2. The summed E-state index contributed by atoms with van der Waals surface area (Å²) in [4.78, 5) is 11.0. The van der Waals surface area contributed by atoms with Crippen molar-refractivity contribution >= 4 is 5.97 Å². The van der Waals surface area contributed by atoms with Gasteiger partial charge in [-0.3, -0.25) is 4.68 Å². The molecule has 0 aliphatic carbocycles. The summed E-state index contributed by atoms with van der Waals surface area (Å²) in [6.07, 6.45) is 4.69. The summed E-state index contributed by atoms with van der Waals surface area (Å²) in [5.74, 6) is -0.835. The van der Waals surface area contributed by atoms with E-state index in [1.54, 1.807) is 25.4 Å². The molecule has 1 aromatic heterocycles. The van der Waals surface area contributed by atoms with Crippen LogP contribution in [0.3, 0.4) is 0 Å². The Morgan fingerprint density at radius 2 is 2.38 bits per heavy atom. The third kappa shape index (κ3) is 1.71. The fraction of sp³-hybridized carbons (Fsp3) is 0.556. The van der Waals surface area contributed by atoms with Gasteiger partial charge in [0.25, 0.3) is 0 Å². The highest BCUT2D eigenvalue weighted by Crippen LogP contribution is 2.21. The Morgan fingerprint density at radius 3 is 2.77 bits per heavy atom. The van der Waals surface area contributed by atoms with Gasteiger partial charge in [-0.25, -0.2) is 4.79 Å². The molecule has 0 aromatic carbocycles. The van der Waals surface area contributed by atoms with Crippen LogP contribution in [0.5, 0.6) is 0 Å². The smallest absolute Gasteiger partial charge is 0.331 e. The van der Waals surface area contributed by atoms with Crippen LogP contribution in [-0.2, 0) is 10.3 Å². The number of hydrogen-bond acceptors (Lipinski definition) is 2. The first-order valence-corrected chi connectivity index (χ1v) is 4.35. The van der Waals surface area contributed by atoms with E-state index in [-0.39, 0.29) is 0 Å². The molecule has 13 heavy (non-hydrogen) atoms. The summed E-state index contributed by atoms with van der Waals surface area (Å²) in [6, 6.07) is 1.73. The average molecular weight is 182 g/mol. The van der Waals surface area contributed by atoms with Crippen molar-refractivity contribution in [1.82, 2.24) is 9.78 Å². The molecule has 1 N–H and O–H groups in total. The lowest BCUT2D eigenvalue weighted by molar-refractivity contribution is -0.147. The van der Waals surface area contributed by atoms with Gasteiger partial charge in [-0.2, -0.15) is 5.10 Å². The van der Waals surface area contributed by atoms with Crippen molar-refractivity contribution in [3.8, 4) is 0 Å². The van der Waals surface area contributed by atoms with E-state index in [9.17, 15) is 4.79 Å². The molecule has 1 heterocycles. The lowest BCUT2D eigenvalue weighted by Gasteiger charge is -2.24. The Labute approximate surface area is 77.2 Å². The maximum Gasteiger partial charge on any atom is 0.331 e. The van der Waals surface area contributed by atoms with E-state index in [1.807, 2.05) is 6.92 Å². The van der Waals surface area contributed by atoms with Crippen LogP contribution in [0.25, 0.3) is 0 Å². The summed E-state index contributed by atoms with van der Waals surface area (Å²) >= 11 is 0. The first-order valence-electron chi connectivity index (χ1n) is 4.35. The molecule has 4 nitrogen and oxygen atoms in total. The van der Waals surface area contributed by atoms with Crippen LogP contribution in [0.15, 0.2) is 18.5 Å². The first-order chi connectivity index (χ1) is 6.11. The normalized spacial score (nSPS) is 15.2. The van der Waals surface area contributed by atoms with Crippen LogP contribution in [-0.4, -0.2) is 20.9 Å². The summed E-state index contributed by atoms with van der Waals surface area (Å²) in [7, 11) is 0. The molecule has 0 aliphatic heterocycles. The van der Waals surface area contributed by atoms with Crippen LogP contribution in [0.4, 0.5) is 0 Å². The molecule has 0 bridgehead atoms. The molecule has 0 spiro atoms. The van der Waals surface area contributed by atoms with E-state index >= 15 is 0 Å². The van der Waals surface area contributed by atoms with E-state index in [1.165, 1.54) is 4.68 Å². The highest BCUT2D eigenvalue weighted by molar-refractivity contribution is 5.75. The number of aromatic nitrogens is 2. The van der Waals surface area contributed by atoms with Crippen molar-refractivity contribution in [2.24, 2.45) is 0 Å². The number of aliphatic carboxylic acids is 1. The van der Waals surface area contributed by atoms with E-state index in [0.717, 1.165) is 6.42 Å². The number of hydrogen-bond donors (Lipinski definition) is 1. The van der Waals surface area contributed by atoms with Crippen LogP contribution >= 0.6 is 0 Å². The zero-order valence-electron chi connectivity index (χ0n) is 7.90. The van der Waals surface area contributed by atoms with Gasteiger partial charge in [-0.05, 0) is 19.4 Å². The fourth-order valence-corrected chi connectivity index (χ4v) is 1.37. The largest absolute Gasteiger partial charge is 0.479 e. The summed E-state index contributed by atoms with van der Waals surface area (Å²) in [5, 5.41) is 13.0. The minimum atomic E-state index is -0.905. The van der Waals surface area contributed by atoms with Gasteiger partial charge in [0.2, 0.25) is 0 Å². The monoisotopic (exact) mass is 182 g/mol. The molecule has 4 heteroatoms. The Bertz CT molecular complexity index is 282. The third-order valence-electron chi connectivity index (χ3n) is 2.21. The van der Waals surface area contributed by atoms with Gasteiger partial charge in [-0.15, -0.1) is 0 Å². The van der Waals surface area contributed by atoms with Gasteiger partial charge in [0, 0.05) is 12.4 Å². The molecule has 1 aromatic rings. The molecule has 0 saturated heterocycles. The topological polar surface area (TPSA) is 55.1 Å². The quantitative estimate of drug-likeness (QED) is 0.767. The Morgan fingerprint density at radius 1 is 1.69 bits per heavy atom. The van der Waals surface area contributed by atoms with Gasteiger partial charge in [-0.1, -0.05) is 13.3 Å². The van der Waals surface area contributed by atoms with E-state index < -0.39 is 11.5 Å². The minimum absolute atomic E-state index is 0.587. The highest BCUT2D eigenvalue weighted by atomic mass is 16.4. The predicted octanol–water partition coefficient (Wildman–Crippen LogP) is 1.48. The van der Waals surface area contributed by atoms with Crippen molar-refractivity contribution in [3.05, 3.63) is 18.5 Å². The Kier molecular flexibility index (Phi) is 2.70. The van der Waals surface area contributed by atoms with Gasteiger partial charge in [0.15, 0.2) is 5.54 Å². The van der Waals surface area contributed by atoms with E-state index in [0.29, 0.717) is 6.42 Å². The van der Waals surface area contributed by atoms with Crippen molar-refractivity contribution in [3.63, 3.8) is 0 Å². The van der Waals surface area contributed by atoms with Crippen molar-refractivity contribution in [2.45, 2.75) is 32.2 Å². The maximum absolute atomic E-state index is 11.0. The summed E-state index contributed by atoms with van der Waals surface area (Å²) < 4.78 is 1.50. The van der Waals surface area contributed by atoms with Crippen LogP contribution in [0.2, 0.25) is 0 Å². The Hall–Kier alpha value is -1.32. The maximum atomic E-state index is 11.0. The van der Waals surface area contributed by atoms with Crippen molar-refractivity contribution < 1.29 is 9.90 Å². The zero-order valence-corrected chi connectivity index (χ0v) is 7.90. The van der Waals surface area contributed by atoms with Crippen molar-refractivity contribution in [1.29, 1.82) is 0 Å². The molecule has 1 unspecified atom stereocenters. The number of rotatable bonds is 4. The standard InChI is InChI=1S/C9H14N2O2/c1-3-5-9(2,8(12)13)11-7-4-6-10-11/h4,6-7H,3,5H2,1-2H3,(H,12,13). The fourth-order valence-electron chi connectivity index (χ4n) is 1.37. The number of carboxylic acid groups (broad SMARTS) is 1. The predicted molar refractivity (Wildman–Crippen MR) is 48.4 cm³/mol. The van der Waals surface area contributed by atoms with Gasteiger partial charge >= 0.3 is 5.97 Å². The second-order valence-corrected chi connectivity index (χ2v) is 3.28. The molecule has 1 atom stereocenters. The van der Waals surface area contributed by atoms with Gasteiger partial charge < -0.3 is 5.11 Å². The molecule has 0 saturated carbocycles. The van der Waals surface area contributed by atoms with Crippen LogP contribution in [0, 0.1) is 0 Å². The SMILES string of the molecule is CCCC(C)(C(=O)O)n1cccn1. The lowest BCUT2D eigenvalue weighted by Crippen LogP contribution is -2.39. The van der Waals surface area contributed by atoms with E-state index in [4.69, 9.17) is 5.11 Å². The second kappa shape index (κ2) is 3.60. The second-order valence-electron chi connectivity index (χ2n) is 3.28. The zero-order chi connectivity index (χ0) is 9.90. The molecule has 0 aliphatic rings. The average Bonchev–Trinajstić information content (AvgIpc) is 2.56. The number of carbonyl (C=O) groups is 1. The minimum Gasteiger partial charge on any atom is -0.479 e. The number of nitrogens with zero attached hydrogens (tertiary/aromatic N) is 2. The van der Waals surface area contributed by atoms with Gasteiger partial charge in [0.1, 0.15) is 0 Å². The molecule has 0 fully saturated rings. The molecule has 1 rings (SSSR count). The third-order valence-corrected chi connectivity index (χ3v) is 2.21. The van der Waals surface area contributed by atoms with Crippen LogP contribution in [0.1, 0.15) is 26.7 Å². The van der Waals surface area contributed by atoms with Gasteiger partial charge in [0.05, 0.1) is 0 Å². The lowest BCUT2D eigenvalue weighted by atomic mass is 9.97. The summed E-state index contributed by atoms with van der Waals surface area (Å²) in [5.41, 5.74) is -0.905. The first kappa shape index (κ1) is 9.77. The summed E-state index contributed by atoms with van der Waals surface area (Å²) in [6.45, 7) is 3.65.